The fourth-order valence-corrected chi connectivity index (χ4v) is 1.72. The number of pyridine rings is 1. The highest BCUT2D eigenvalue weighted by atomic mass is 79.9. The van der Waals surface area contributed by atoms with Crippen molar-refractivity contribution in [3.05, 3.63) is 42.1 Å². The molecule has 0 radical (unpaired) electrons. The molecule has 2 aromatic rings. The van der Waals surface area contributed by atoms with E-state index in [9.17, 15) is 5.11 Å². The van der Waals surface area contributed by atoms with Crippen LogP contribution in [0.25, 0.3) is 10.9 Å². The van der Waals surface area contributed by atoms with E-state index in [0.29, 0.717) is 0 Å². The molecule has 0 bridgehead atoms. The van der Waals surface area contributed by atoms with Crippen molar-refractivity contribution < 1.29 is 26.7 Å². The second kappa shape index (κ2) is 4.73. The van der Waals surface area contributed by atoms with Gasteiger partial charge < -0.3 is 22.1 Å². The molecule has 0 saturated carbocycles. The number of halogens is 1. The van der Waals surface area contributed by atoms with Gasteiger partial charge >= 0.3 is 0 Å². The van der Waals surface area contributed by atoms with E-state index in [1.807, 2.05) is 35.0 Å². The summed E-state index contributed by atoms with van der Waals surface area (Å²) in [5.41, 5.74) is 2.31. The van der Waals surface area contributed by atoms with Crippen LogP contribution in [0.3, 0.4) is 0 Å². The smallest absolute Gasteiger partial charge is 0.257 e. The lowest BCUT2D eigenvalue weighted by molar-refractivity contribution is -0.733. The van der Waals surface area contributed by atoms with Crippen LogP contribution in [0, 0.1) is 6.92 Å². The fourth-order valence-electron chi connectivity index (χ4n) is 1.72. The van der Waals surface area contributed by atoms with Gasteiger partial charge in [0.1, 0.15) is 0 Å². The number of aliphatic hydroxyl groups excluding tert-OH is 1. The number of aliphatic hydroxyl groups is 1. The molecule has 1 aromatic carbocycles. The molecule has 1 atom stereocenters. The number of aromatic nitrogens is 1. The van der Waals surface area contributed by atoms with Crippen molar-refractivity contribution in [3.8, 4) is 0 Å². The zero-order chi connectivity index (χ0) is 10.1. The number of hydrogen-bond acceptors (Lipinski definition) is 1. The molecule has 0 saturated heterocycles. The van der Waals surface area contributed by atoms with E-state index in [2.05, 4.69) is 13.0 Å². The largest absolute Gasteiger partial charge is 1.00 e. The van der Waals surface area contributed by atoms with Gasteiger partial charge in [-0.1, -0.05) is 12.1 Å². The number of nitrogens with zero attached hydrogens (tertiary/aromatic N) is 1. The maximum absolute atomic E-state index is 9.58. The van der Waals surface area contributed by atoms with Gasteiger partial charge in [0.05, 0.1) is 0 Å². The van der Waals surface area contributed by atoms with Gasteiger partial charge in [0.15, 0.2) is 6.20 Å². The number of benzene rings is 1. The van der Waals surface area contributed by atoms with E-state index in [1.54, 1.807) is 6.92 Å². The first-order valence-corrected chi connectivity index (χ1v) is 4.77. The molecule has 1 N–H and O–H groups in total. The highest BCUT2D eigenvalue weighted by molar-refractivity contribution is 5.78. The van der Waals surface area contributed by atoms with Crippen LogP contribution in [-0.4, -0.2) is 5.11 Å². The second-order valence-electron chi connectivity index (χ2n) is 3.56. The zero-order valence-electron chi connectivity index (χ0n) is 8.81. The van der Waals surface area contributed by atoms with Crippen LogP contribution >= 0.6 is 0 Å². The highest BCUT2D eigenvalue weighted by Crippen LogP contribution is 2.14. The van der Waals surface area contributed by atoms with Gasteiger partial charge in [-0.15, -0.1) is 0 Å². The standard InChI is InChI=1S/C12H14NO.BrH/c1-9-7-8-13(10(2)14)12-6-4-3-5-11(9)12;/h3-8,10,14H,1-2H3;1H/q+1;/p-1. The summed E-state index contributed by atoms with van der Waals surface area (Å²) in [7, 11) is 0. The molecule has 0 spiro atoms. The van der Waals surface area contributed by atoms with E-state index in [-0.39, 0.29) is 17.0 Å². The molecule has 80 valence electrons. The Hall–Kier alpha value is -0.930. The zero-order valence-corrected chi connectivity index (χ0v) is 10.4. The van der Waals surface area contributed by atoms with Crippen LogP contribution in [0.5, 0.6) is 0 Å². The molecule has 0 aliphatic heterocycles. The van der Waals surface area contributed by atoms with Gasteiger partial charge in [-0.3, -0.25) is 0 Å². The first kappa shape index (κ1) is 12.1. The molecular weight excluding hydrogens is 254 g/mol. The first-order chi connectivity index (χ1) is 6.70. The number of hydrogen-bond donors (Lipinski definition) is 1. The third kappa shape index (κ3) is 2.19. The normalized spacial score (nSPS) is 12.2. The molecular formula is C12H14BrNO. The van der Waals surface area contributed by atoms with Crippen molar-refractivity contribution >= 4 is 10.9 Å². The summed E-state index contributed by atoms with van der Waals surface area (Å²) in [5, 5.41) is 10.8. The lowest BCUT2D eigenvalue weighted by Gasteiger charge is -2.04. The van der Waals surface area contributed by atoms with Gasteiger partial charge in [0, 0.05) is 24.4 Å². The van der Waals surface area contributed by atoms with E-state index < -0.39 is 6.23 Å². The molecule has 0 amide bonds. The summed E-state index contributed by atoms with van der Waals surface area (Å²) < 4.78 is 1.86. The second-order valence-corrected chi connectivity index (χ2v) is 3.56. The van der Waals surface area contributed by atoms with Crippen LogP contribution in [0.2, 0.25) is 0 Å². The van der Waals surface area contributed by atoms with Crippen LogP contribution in [0.1, 0.15) is 18.7 Å². The number of aryl methyl sites for hydroxylation is 1. The van der Waals surface area contributed by atoms with E-state index in [4.69, 9.17) is 0 Å². The van der Waals surface area contributed by atoms with Crippen molar-refractivity contribution in [1.82, 2.24) is 0 Å². The molecule has 0 fully saturated rings. The van der Waals surface area contributed by atoms with Crippen molar-refractivity contribution in [1.29, 1.82) is 0 Å². The van der Waals surface area contributed by atoms with Gasteiger partial charge in [-0.05, 0) is 18.6 Å². The third-order valence-corrected chi connectivity index (χ3v) is 2.49. The lowest BCUT2D eigenvalue weighted by Crippen LogP contribution is -3.00. The Labute approximate surface area is 99.9 Å². The minimum Gasteiger partial charge on any atom is -1.00 e. The van der Waals surface area contributed by atoms with Crippen molar-refractivity contribution in [2.45, 2.75) is 20.1 Å². The maximum atomic E-state index is 9.58. The third-order valence-electron chi connectivity index (χ3n) is 2.49. The molecule has 2 nitrogen and oxygen atoms in total. The Morgan fingerprint density at radius 3 is 2.53 bits per heavy atom. The lowest BCUT2D eigenvalue weighted by atomic mass is 10.1. The summed E-state index contributed by atoms with van der Waals surface area (Å²) in [4.78, 5) is 0. The van der Waals surface area contributed by atoms with Crippen LogP contribution in [0.4, 0.5) is 0 Å². The van der Waals surface area contributed by atoms with Gasteiger partial charge in [0.25, 0.3) is 6.23 Å². The van der Waals surface area contributed by atoms with Gasteiger partial charge in [0.2, 0.25) is 5.52 Å². The predicted octanol–water partition coefficient (Wildman–Crippen LogP) is -1.05. The molecule has 1 heterocycles. The SMILES string of the molecule is Cc1cc[n+](C(C)O)c2ccccc12.[Br-]. The number of para-hydroxylation sites is 1. The van der Waals surface area contributed by atoms with Crippen LogP contribution < -0.4 is 21.5 Å². The maximum Gasteiger partial charge on any atom is 0.257 e. The van der Waals surface area contributed by atoms with Gasteiger partial charge in [-0.25, -0.2) is 0 Å². The minimum atomic E-state index is -0.486. The van der Waals surface area contributed by atoms with E-state index in [0.717, 1.165) is 5.52 Å². The van der Waals surface area contributed by atoms with Crippen molar-refractivity contribution in [2.24, 2.45) is 0 Å². The monoisotopic (exact) mass is 267 g/mol. The quantitative estimate of drug-likeness (QED) is 0.656. The summed E-state index contributed by atoms with van der Waals surface area (Å²) in [6.45, 7) is 3.84. The summed E-state index contributed by atoms with van der Waals surface area (Å²) in [5.74, 6) is 0. The molecule has 1 aromatic heterocycles. The molecule has 2 rings (SSSR count). The average molecular weight is 268 g/mol. The Morgan fingerprint density at radius 1 is 1.20 bits per heavy atom. The topological polar surface area (TPSA) is 24.1 Å². The average Bonchev–Trinajstić information content (AvgIpc) is 2.18. The first-order valence-electron chi connectivity index (χ1n) is 4.77. The summed E-state index contributed by atoms with van der Waals surface area (Å²) in [6.07, 6.45) is 1.43. The molecule has 15 heavy (non-hydrogen) atoms. The van der Waals surface area contributed by atoms with E-state index in [1.165, 1.54) is 10.9 Å². The highest BCUT2D eigenvalue weighted by Gasteiger charge is 2.13. The minimum absolute atomic E-state index is 0. The molecule has 3 heteroatoms. The Balaban J connectivity index is 0.00000112. The molecule has 0 aliphatic rings. The Kier molecular flexibility index (Phi) is 3.83. The molecule has 1 unspecified atom stereocenters. The van der Waals surface area contributed by atoms with E-state index >= 15 is 0 Å². The fraction of sp³-hybridized carbons (Fsp3) is 0.250. The number of fused-ring (bicyclic) bond motifs is 1. The van der Waals surface area contributed by atoms with Gasteiger partial charge in [-0.2, -0.15) is 4.57 Å². The summed E-state index contributed by atoms with van der Waals surface area (Å²) >= 11 is 0. The summed E-state index contributed by atoms with van der Waals surface area (Å²) in [6, 6.07) is 10.1. The Bertz CT molecular complexity index is 468. The van der Waals surface area contributed by atoms with Crippen LogP contribution in [-0.2, 0) is 0 Å². The van der Waals surface area contributed by atoms with Crippen LogP contribution in [0.15, 0.2) is 36.5 Å². The van der Waals surface area contributed by atoms with Crippen molar-refractivity contribution in [2.75, 3.05) is 0 Å². The predicted molar refractivity (Wildman–Crippen MR) is 55.8 cm³/mol. The Morgan fingerprint density at radius 2 is 1.87 bits per heavy atom. The molecule has 0 aliphatic carbocycles. The number of rotatable bonds is 1. The van der Waals surface area contributed by atoms with Crippen molar-refractivity contribution in [3.63, 3.8) is 0 Å².